The molecule has 64 valence electrons. The predicted octanol–water partition coefficient (Wildman–Crippen LogP) is 2.43. The van der Waals surface area contributed by atoms with Crippen LogP contribution in [0.25, 0.3) is 10.8 Å². The molecule has 0 aromatic heterocycles. The molecule has 0 saturated carbocycles. The van der Waals surface area contributed by atoms with E-state index in [4.69, 9.17) is 0 Å². The van der Waals surface area contributed by atoms with E-state index in [0.717, 1.165) is 12.0 Å². The molecule has 1 N–H and O–H groups in total. The Labute approximate surface area is 76.6 Å². The molecule has 2 aromatic rings. The van der Waals surface area contributed by atoms with Crippen molar-refractivity contribution in [2.45, 2.75) is 12.5 Å². The number of benzene rings is 2. The van der Waals surface area contributed by atoms with E-state index >= 15 is 0 Å². The van der Waals surface area contributed by atoms with E-state index in [1.54, 1.807) is 0 Å². The molecular formula is C12H10O. The second-order valence-electron chi connectivity index (χ2n) is 3.58. The molecule has 0 amide bonds. The molecule has 0 heterocycles. The zero-order valence-corrected chi connectivity index (χ0v) is 7.20. The largest absolute Gasteiger partial charge is 0.388 e. The molecule has 0 spiro atoms. The summed E-state index contributed by atoms with van der Waals surface area (Å²) in [6, 6.07) is 12.4. The smallest absolute Gasteiger partial charge is 0.0836 e. The van der Waals surface area contributed by atoms with Gasteiger partial charge in [-0.1, -0.05) is 36.4 Å². The number of rotatable bonds is 0. The zero-order chi connectivity index (χ0) is 8.84. The highest BCUT2D eigenvalue weighted by atomic mass is 16.3. The predicted molar refractivity (Wildman–Crippen MR) is 52.6 cm³/mol. The Hall–Kier alpha value is -1.34. The lowest BCUT2D eigenvalue weighted by Gasteiger charge is -2.02. The number of hydrogen-bond acceptors (Lipinski definition) is 1. The molecule has 0 radical (unpaired) electrons. The van der Waals surface area contributed by atoms with Gasteiger partial charge in [0, 0.05) is 6.42 Å². The van der Waals surface area contributed by atoms with E-state index in [-0.39, 0.29) is 6.10 Å². The van der Waals surface area contributed by atoms with Crippen molar-refractivity contribution >= 4 is 10.8 Å². The Bertz CT molecular complexity index is 468. The van der Waals surface area contributed by atoms with Crippen molar-refractivity contribution in [1.29, 1.82) is 0 Å². The fourth-order valence-electron chi connectivity index (χ4n) is 2.22. The van der Waals surface area contributed by atoms with Crippen LogP contribution in [0.2, 0.25) is 0 Å². The fraction of sp³-hybridized carbons (Fsp3) is 0.167. The summed E-state index contributed by atoms with van der Waals surface area (Å²) in [5, 5.41) is 12.3. The van der Waals surface area contributed by atoms with E-state index in [1.165, 1.54) is 16.3 Å². The van der Waals surface area contributed by atoms with Gasteiger partial charge >= 0.3 is 0 Å². The van der Waals surface area contributed by atoms with Crippen LogP contribution in [0.3, 0.4) is 0 Å². The minimum Gasteiger partial charge on any atom is -0.388 e. The van der Waals surface area contributed by atoms with Crippen LogP contribution in [-0.4, -0.2) is 5.11 Å². The average molecular weight is 170 g/mol. The first kappa shape index (κ1) is 7.10. The summed E-state index contributed by atoms with van der Waals surface area (Å²) in [4.78, 5) is 0. The SMILES string of the molecule is O[C@@H]1Cc2cccc3cccc1c23. The zero-order valence-electron chi connectivity index (χ0n) is 7.20. The molecular weight excluding hydrogens is 160 g/mol. The summed E-state index contributed by atoms with van der Waals surface area (Å²) >= 11 is 0. The molecule has 1 aliphatic carbocycles. The van der Waals surface area contributed by atoms with Crippen LogP contribution < -0.4 is 0 Å². The summed E-state index contributed by atoms with van der Waals surface area (Å²) in [6.07, 6.45) is 0.484. The maximum absolute atomic E-state index is 9.77. The summed E-state index contributed by atoms with van der Waals surface area (Å²) in [7, 11) is 0. The summed E-state index contributed by atoms with van der Waals surface area (Å²) in [6.45, 7) is 0. The average Bonchev–Trinajstić information content (AvgIpc) is 2.47. The van der Waals surface area contributed by atoms with E-state index in [1.807, 2.05) is 12.1 Å². The standard InChI is InChI=1S/C12H10O/c13-11-7-9-5-1-3-8-4-2-6-10(11)12(8)9/h1-6,11,13H,7H2/t11-/m1/s1. The van der Waals surface area contributed by atoms with Crippen molar-refractivity contribution in [3.8, 4) is 0 Å². The highest BCUT2D eigenvalue weighted by molar-refractivity contribution is 5.91. The van der Waals surface area contributed by atoms with Gasteiger partial charge in [-0.05, 0) is 21.9 Å². The molecule has 0 aliphatic heterocycles. The minimum atomic E-state index is -0.291. The van der Waals surface area contributed by atoms with Crippen LogP contribution in [0.15, 0.2) is 36.4 Å². The van der Waals surface area contributed by atoms with Crippen molar-refractivity contribution in [2.75, 3.05) is 0 Å². The van der Waals surface area contributed by atoms with Crippen molar-refractivity contribution in [3.63, 3.8) is 0 Å². The van der Waals surface area contributed by atoms with Gasteiger partial charge in [-0.25, -0.2) is 0 Å². The quantitative estimate of drug-likeness (QED) is 0.643. The first-order valence-electron chi connectivity index (χ1n) is 4.55. The Morgan fingerprint density at radius 3 is 2.69 bits per heavy atom. The Balaban J connectivity index is 2.51. The summed E-state index contributed by atoms with van der Waals surface area (Å²) in [5.74, 6) is 0. The van der Waals surface area contributed by atoms with Crippen LogP contribution in [0.5, 0.6) is 0 Å². The van der Waals surface area contributed by atoms with Crippen LogP contribution in [0.1, 0.15) is 17.2 Å². The van der Waals surface area contributed by atoms with Crippen LogP contribution in [-0.2, 0) is 6.42 Å². The van der Waals surface area contributed by atoms with Crippen LogP contribution >= 0.6 is 0 Å². The van der Waals surface area contributed by atoms with E-state index in [9.17, 15) is 5.11 Å². The van der Waals surface area contributed by atoms with Gasteiger partial charge in [-0.3, -0.25) is 0 Å². The molecule has 0 fully saturated rings. The molecule has 0 unspecified atom stereocenters. The number of hydrogen-bond donors (Lipinski definition) is 1. The number of aliphatic hydroxyl groups excluding tert-OH is 1. The van der Waals surface area contributed by atoms with Gasteiger partial charge in [0.25, 0.3) is 0 Å². The molecule has 0 saturated heterocycles. The maximum atomic E-state index is 9.77. The second-order valence-corrected chi connectivity index (χ2v) is 3.58. The van der Waals surface area contributed by atoms with Crippen LogP contribution in [0, 0.1) is 0 Å². The first-order valence-corrected chi connectivity index (χ1v) is 4.55. The Kier molecular flexibility index (Phi) is 1.27. The number of aliphatic hydroxyl groups is 1. The molecule has 1 aliphatic rings. The molecule has 1 atom stereocenters. The molecule has 1 nitrogen and oxygen atoms in total. The van der Waals surface area contributed by atoms with Gasteiger partial charge in [-0.2, -0.15) is 0 Å². The molecule has 0 bridgehead atoms. The van der Waals surface area contributed by atoms with E-state index < -0.39 is 0 Å². The van der Waals surface area contributed by atoms with Crippen molar-refractivity contribution in [3.05, 3.63) is 47.5 Å². The lowest BCUT2D eigenvalue weighted by Crippen LogP contribution is -1.91. The molecule has 1 heteroatoms. The molecule has 13 heavy (non-hydrogen) atoms. The van der Waals surface area contributed by atoms with Crippen molar-refractivity contribution in [2.24, 2.45) is 0 Å². The second kappa shape index (κ2) is 2.33. The van der Waals surface area contributed by atoms with Crippen molar-refractivity contribution in [1.82, 2.24) is 0 Å². The Morgan fingerprint density at radius 2 is 1.85 bits per heavy atom. The molecule has 2 aromatic carbocycles. The summed E-state index contributed by atoms with van der Waals surface area (Å²) < 4.78 is 0. The summed E-state index contributed by atoms with van der Waals surface area (Å²) in [5.41, 5.74) is 2.37. The Morgan fingerprint density at radius 1 is 1.08 bits per heavy atom. The van der Waals surface area contributed by atoms with Gasteiger partial charge in [0.1, 0.15) is 0 Å². The normalized spacial score (nSPS) is 19.6. The van der Waals surface area contributed by atoms with Gasteiger partial charge in [0.2, 0.25) is 0 Å². The van der Waals surface area contributed by atoms with Gasteiger partial charge in [-0.15, -0.1) is 0 Å². The van der Waals surface area contributed by atoms with Gasteiger partial charge < -0.3 is 5.11 Å². The van der Waals surface area contributed by atoms with Gasteiger partial charge in [0.05, 0.1) is 6.10 Å². The molecule has 3 rings (SSSR count). The minimum absolute atomic E-state index is 0.291. The van der Waals surface area contributed by atoms with E-state index in [0.29, 0.717) is 0 Å². The third kappa shape index (κ3) is 0.850. The highest BCUT2D eigenvalue weighted by Crippen LogP contribution is 2.36. The monoisotopic (exact) mass is 170 g/mol. The van der Waals surface area contributed by atoms with Crippen molar-refractivity contribution < 1.29 is 5.11 Å². The van der Waals surface area contributed by atoms with Gasteiger partial charge in [0.15, 0.2) is 0 Å². The fourth-order valence-corrected chi connectivity index (χ4v) is 2.22. The lowest BCUT2D eigenvalue weighted by molar-refractivity contribution is 0.185. The first-order chi connectivity index (χ1) is 6.36. The lowest BCUT2D eigenvalue weighted by atomic mass is 10.1. The van der Waals surface area contributed by atoms with Crippen LogP contribution in [0.4, 0.5) is 0 Å². The third-order valence-electron chi connectivity index (χ3n) is 2.80. The highest BCUT2D eigenvalue weighted by Gasteiger charge is 2.21. The maximum Gasteiger partial charge on any atom is 0.0836 e. The topological polar surface area (TPSA) is 20.2 Å². The third-order valence-corrected chi connectivity index (χ3v) is 2.80. The van der Waals surface area contributed by atoms with E-state index in [2.05, 4.69) is 24.3 Å².